The van der Waals surface area contributed by atoms with Crippen LogP contribution >= 0.6 is 0 Å². The standard InChI is InChI=1S/C14H19NO5S/c1-15(10-12(16)11-20-2)14(17)8-9-21(18,19)13-6-4-3-5-7-13/h3-9,12,16H,10-11H2,1-2H3. The second-order valence-corrected chi connectivity index (χ2v) is 6.32. The molecule has 0 spiro atoms. The molecule has 0 radical (unpaired) electrons. The van der Waals surface area contributed by atoms with Gasteiger partial charge in [-0.25, -0.2) is 8.42 Å². The lowest BCUT2D eigenvalue weighted by molar-refractivity contribution is -0.126. The van der Waals surface area contributed by atoms with Crippen molar-refractivity contribution in [3.63, 3.8) is 0 Å². The molecule has 0 fully saturated rings. The average Bonchev–Trinajstić information content (AvgIpc) is 2.46. The highest BCUT2D eigenvalue weighted by atomic mass is 32.2. The Labute approximate surface area is 124 Å². The van der Waals surface area contributed by atoms with Gasteiger partial charge in [0.05, 0.1) is 17.6 Å². The number of hydrogen-bond acceptors (Lipinski definition) is 5. The number of rotatable bonds is 7. The van der Waals surface area contributed by atoms with Gasteiger partial charge in [0, 0.05) is 32.2 Å². The van der Waals surface area contributed by atoms with Crippen molar-refractivity contribution in [2.24, 2.45) is 0 Å². The van der Waals surface area contributed by atoms with Crippen LogP contribution in [0.4, 0.5) is 0 Å². The fourth-order valence-electron chi connectivity index (χ4n) is 1.61. The molecule has 1 aromatic rings. The van der Waals surface area contributed by atoms with E-state index in [9.17, 15) is 18.3 Å². The number of hydrogen-bond donors (Lipinski definition) is 1. The number of sulfone groups is 1. The topological polar surface area (TPSA) is 83.9 Å². The van der Waals surface area contributed by atoms with Gasteiger partial charge in [-0.15, -0.1) is 0 Å². The van der Waals surface area contributed by atoms with Crippen LogP contribution in [0.25, 0.3) is 0 Å². The molecule has 116 valence electrons. The first kappa shape index (κ1) is 17.4. The van der Waals surface area contributed by atoms with Crippen molar-refractivity contribution in [1.82, 2.24) is 4.90 Å². The van der Waals surface area contributed by atoms with Crippen LogP contribution in [0.3, 0.4) is 0 Å². The van der Waals surface area contributed by atoms with Gasteiger partial charge in [0.1, 0.15) is 0 Å². The van der Waals surface area contributed by atoms with Crippen molar-refractivity contribution in [3.8, 4) is 0 Å². The summed E-state index contributed by atoms with van der Waals surface area (Å²) in [7, 11) is -0.728. The van der Waals surface area contributed by atoms with Gasteiger partial charge in [-0.05, 0) is 12.1 Å². The molecule has 0 aromatic heterocycles. The molecular weight excluding hydrogens is 294 g/mol. The van der Waals surface area contributed by atoms with E-state index in [2.05, 4.69) is 0 Å². The van der Waals surface area contributed by atoms with Crippen LogP contribution in [0.15, 0.2) is 46.7 Å². The third-order valence-electron chi connectivity index (χ3n) is 2.68. The molecule has 0 heterocycles. The molecule has 0 bridgehead atoms. The predicted octanol–water partition coefficient (Wildman–Crippen LogP) is 0.440. The quantitative estimate of drug-likeness (QED) is 0.739. The lowest BCUT2D eigenvalue weighted by Crippen LogP contribution is -2.35. The Bertz CT molecular complexity index is 583. The number of aliphatic hydroxyl groups excluding tert-OH is 1. The number of carbonyl (C=O) groups excluding carboxylic acids is 1. The maximum Gasteiger partial charge on any atom is 0.247 e. The van der Waals surface area contributed by atoms with Crippen LogP contribution in [-0.4, -0.2) is 57.7 Å². The van der Waals surface area contributed by atoms with Crippen molar-refractivity contribution < 1.29 is 23.1 Å². The fourth-order valence-corrected chi connectivity index (χ4v) is 2.60. The minimum atomic E-state index is -3.64. The van der Waals surface area contributed by atoms with Crippen LogP contribution in [-0.2, 0) is 19.4 Å². The van der Waals surface area contributed by atoms with E-state index in [1.807, 2.05) is 0 Å². The molecule has 0 aliphatic rings. The van der Waals surface area contributed by atoms with E-state index in [4.69, 9.17) is 4.74 Å². The van der Waals surface area contributed by atoms with Crippen LogP contribution in [0.1, 0.15) is 0 Å². The molecule has 1 unspecified atom stereocenters. The summed E-state index contributed by atoms with van der Waals surface area (Å²) in [5.41, 5.74) is 0. The molecule has 1 aromatic carbocycles. The summed E-state index contributed by atoms with van der Waals surface area (Å²) in [4.78, 5) is 13.1. The summed E-state index contributed by atoms with van der Waals surface area (Å²) in [6, 6.07) is 7.83. The first-order valence-corrected chi connectivity index (χ1v) is 7.81. The molecule has 0 saturated carbocycles. The van der Waals surface area contributed by atoms with Crippen molar-refractivity contribution in [2.75, 3.05) is 27.3 Å². The fraction of sp³-hybridized carbons (Fsp3) is 0.357. The van der Waals surface area contributed by atoms with Gasteiger partial charge >= 0.3 is 0 Å². The van der Waals surface area contributed by atoms with E-state index < -0.39 is 21.8 Å². The first-order valence-electron chi connectivity index (χ1n) is 6.27. The predicted molar refractivity (Wildman–Crippen MR) is 78.3 cm³/mol. The van der Waals surface area contributed by atoms with Gasteiger partial charge in [0.2, 0.25) is 5.91 Å². The zero-order chi connectivity index (χ0) is 15.9. The number of nitrogens with zero attached hydrogens (tertiary/aromatic N) is 1. The maximum atomic E-state index is 12.0. The van der Waals surface area contributed by atoms with Gasteiger partial charge in [-0.2, -0.15) is 0 Å². The Balaban J connectivity index is 2.69. The molecule has 1 rings (SSSR count). The number of ether oxygens (including phenoxy) is 1. The van der Waals surface area contributed by atoms with Crippen molar-refractivity contribution in [1.29, 1.82) is 0 Å². The third-order valence-corrected chi connectivity index (χ3v) is 4.11. The van der Waals surface area contributed by atoms with Gasteiger partial charge in [-0.1, -0.05) is 18.2 Å². The summed E-state index contributed by atoms with van der Waals surface area (Å²) in [5, 5.41) is 10.4. The Morgan fingerprint density at radius 1 is 1.38 bits per heavy atom. The Hall–Kier alpha value is -1.70. The Kier molecular flexibility index (Phi) is 6.54. The van der Waals surface area contributed by atoms with Crippen molar-refractivity contribution >= 4 is 15.7 Å². The highest BCUT2D eigenvalue weighted by Gasteiger charge is 2.14. The number of methoxy groups -OCH3 is 1. The average molecular weight is 313 g/mol. The van der Waals surface area contributed by atoms with E-state index in [1.165, 1.54) is 31.2 Å². The lowest BCUT2D eigenvalue weighted by atomic mass is 10.3. The van der Waals surface area contributed by atoms with Crippen LogP contribution < -0.4 is 0 Å². The zero-order valence-electron chi connectivity index (χ0n) is 12.0. The molecule has 6 nitrogen and oxygen atoms in total. The highest BCUT2D eigenvalue weighted by Crippen LogP contribution is 2.11. The van der Waals surface area contributed by atoms with E-state index in [0.717, 1.165) is 11.5 Å². The number of benzene rings is 1. The molecule has 0 aliphatic carbocycles. The second-order valence-electron chi connectivity index (χ2n) is 4.49. The molecule has 1 amide bonds. The SMILES string of the molecule is COCC(O)CN(C)C(=O)C=CS(=O)(=O)c1ccccc1. The summed E-state index contributed by atoms with van der Waals surface area (Å²) in [5.74, 6) is -0.510. The number of amides is 1. The van der Waals surface area contributed by atoms with Crippen LogP contribution in [0.5, 0.6) is 0 Å². The van der Waals surface area contributed by atoms with E-state index in [0.29, 0.717) is 0 Å². The largest absolute Gasteiger partial charge is 0.389 e. The molecule has 7 heteroatoms. The van der Waals surface area contributed by atoms with Crippen LogP contribution in [0, 0.1) is 0 Å². The van der Waals surface area contributed by atoms with E-state index in [1.54, 1.807) is 18.2 Å². The van der Waals surface area contributed by atoms with Gasteiger partial charge in [0.25, 0.3) is 0 Å². The summed E-state index contributed by atoms with van der Waals surface area (Å²) in [6.45, 7) is 0.159. The van der Waals surface area contributed by atoms with Gasteiger partial charge < -0.3 is 14.7 Å². The number of aliphatic hydroxyl groups is 1. The zero-order valence-corrected chi connectivity index (χ0v) is 12.8. The molecular formula is C14H19NO5S. The number of carbonyl (C=O) groups is 1. The highest BCUT2D eigenvalue weighted by molar-refractivity contribution is 7.94. The lowest BCUT2D eigenvalue weighted by Gasteiger charge is -2.18. The summed E-state index contributed by atoms with van der Waals surface area (Å²) >= 11 is 0. The first-order chi connectivity index (χ1) is 9.86. The van der Waals surface area contributed by atoms with E-state index >= 15 is 0 Å². The van der Waals surface area contributed by atoms with Gasteiger partial charge in [-0.3, -0.25) is 4.79 Å². The normalized spacial score (nSPS) is 13.3. The second kappa shape index (κ2) is 7.92. The molecule has 0 aliphatic heterocycles. The monoisotopic (exact) mass is 313 g/mol. The number of likely N-dealkylation sites (N-methyl/N-ethyl adjacent to an activating group) is 1. The smallest absolute Gasteiger partial charge is 0.247 e. The molecule has 1 atom stereocenters. The maximum absolute atomic E-state index is 12.0. The Morgan fingerprint density at radius 2 is 2.00 bits per heavy atom. The third kappa shape index (κ3) is 5.66. The van der Waals surface area contributed by atoms with Crippen molar-refractivity contribution in [2.45, 2.75) is 11.0 Å². The van der Waals surface area contributed by atoms with Crippen molar-refractivity contribution in [3.05, 3.63) is 41.8 Å². The summed E-state index contributed by atoms with van der Waals surface area (Å²) in [6.07, 6.45) is 0.157. The minimum absolute atomic E-state index is 0.0579. The van der Waals surface area contributed by atoms with Crippen LogP contribution in [0.2, 0.25) is 0 Å². The molecule has 0 saturated heterocycles. The summed E-state index contributed by atoms with van der Waals surface area (Å²) < 4.78 is 28.7. The van der Waals surface area contributed by atoms with E-state index in [-0.39, 0.29) is 18.0 Å². The Morgan fingerprint density at radius 3 is 2.57 bits per heavy atom. The van der Waals surface area contributed by atoms with Gasteiger partial charge in [0.15, 0.2) is 9.84 Å². The molecule has 1 N–H and O–H groups in total. The minimum Gasteiger partial charge on any atom is -0.389 e. The molecule has 21 heavy (non-hydrogen) atoms.